The van der Waals surface area contributed by atoms with Crippen LogP contribution in [0.2, 0.25) is 0 Å². The lowest BCUT2D eigenvalue weighted by atomic mass is 9.51. The predicted molar refractivity (Wildman–Crippen MR) is 88.6 cm³/mol. The Labute approximate surface area is 143 Å². The monoisotopic (exact) mass is 330 g/mol. The highest BCUT2D eigenvalue weighted by atomic mass is 16.5. The zero-order valence-corrected chi connectivity index (χ0v) is 14.7. The van der Waals surface area contributed by atoms with Gasteiger partial charge in [-0.1, -0.05) is 13.0 Å². The van der Waals surface area contributed by atoms with E-state index in [2.05, 4.69) is 26.0 Å². The first-order valence-corrected chi connectivity index (χ1v) is 9.13. The molecule has 2 saturated carbocycles. The Hall–Kier alpha value is -1.58. The number of carbonyl (C=O) groups is 2. The molecule has 24 heavy (non-hydrogen) atoms. The van der Waals surface area contributed by atoms with E-state index in [4.69, 9.17) is 9.47 Å². The summed E-state index contributed by atoms with van der Waals surface area (Å²) in [5, 5.41) is 0. The zero-order valence-electron chi connectivity index (χ0n) is 14.7. The largest absolute Gasteiger partial charge is 0.462 e. The number of fused-ring (bicyclic) bond motifs is 5. The van der Waals surface area contributed by atoms with Crippen molar-refractivity contribution < 1.29 is 19.1 Å². The minimum atomic E-state index is -0.256. The van der Waals surface area contributed by atoms with Gasteiger partial charge in [0.15, 0.2) is 0 Å². The van der Waals surface area contributed by atoms with Gasteiger partial charge in [0.25, 0.3) is 0 Å². The van der Waals surface area contributed by atoms with E-state index < -0.39 is 0 Å². The maximum Gasteiger partial charge on any atom is 0.335 e. The molecular formula is C20H26O4. The molecule has 1 heterocycles. The lowest BCUT2D eigenvalue weighted by Gasteiger charge is -2.55. The van der Waals surface area contributed by atoms with Gasteiger partial charge in [-0.2, -0.15) is 0 Å². The summed E-state index contributed by atoms with van der Waals surface area (Å²) >= 11 is 0. The second-order valence-corrected chi connectivity index (χ2v) is 8.44. The van der Waals surface area contributed by atoms with Gasteiger partial charge in [0.2, 0.25) is 0 Å². The molecule has 3 aliphatic carbocycles. The average Bonchev–Trinajstić information content (AvgIpc) is 2.84. The smallest absolute Gasteiger partial charge is 0.335 e. The molecule has 0 unspecified atom stereocenters. The van der Waals surface area contributed by atoms with Crippen molar-refractivity contribution in [1.82, 2.24) is 0 Å². The fraction of sp³-hybridized carbons (Fsp3) is 0.700. The Morgan fingerprint density at radius 2 is 2.04 bits per heavy atom. The van der Waals surface area contributed by atoms with Gasteiger partial charge in [-0.25, -0.2) is 4.79 Å². The van der Waals surface area contributed by atoms with E-state index >= 15 is 0 Å². The third-order valence-corrected chi connectivity index (χ3v) is 7.31. The number of ether oxygens (including phenoxy) is 2. The third kappa shape index (κ3) is 2.11. The van der Waals surface area contributed by atoms with E-state index in [9.17, 15) is 9.59 Å². The molecule has 2 fully saturated rings. The summed E-state index contributed by atoms with van der Waals surface area (Å²) in [6.07, 6.45) is 11.1. The van der Waals surface area contributed by atoms with Crippen molar-refractivity contribution in [3.05, 3.63) is 24.0 Å². The molecule has 0 aromatic rings. The molecule has 0 aromatic carbocycles. The molecule has 0 N–H and O–H groups in total. The molecule has 0 spiro atoms. The summed E-state index contributed by atoms with van der Waals surface area (Å²) in [6.45, 7) is 6.03. The van der Waals surface area contributed by atoms with E-state index in [-0.39, 0.29) is 28.9 Å². The predicted octanol–water partition coefficient (Wildman–Crippen LogP) is 3.77. The number of esters is 2. The van der Waals surface area contributed by atoms with Crippen LogP contribution in [0.25, 0.3) is 0 Å². The molecule has 4 rings (SSSR count). The van der Waals surface area contributed by atoms with Crippen LogP contribution in [0.1, 0.15) is 52.9 Å². The first-order valence-electron chi connectivity index (χ1n) is 9.13. The minimum absolute atomic E-state index is 0.0545. The topological polar surface area (TPSA) is 52.6 Å². The highest BCUT2D eigenvalue weighted by molar-refractivity contribution is 5.84. The van der Waals surface area contributed by atoms with Crippen molar-refractivity contribution in [2.45, 2.75) is 59.0 Å². The fourth-order valence-corrected chi connectivity index (χ4v) is 6.09. The number of hydrogen-bond donors (Lipinski definition) is 0. The Morgan fingerprint density at radius 3 is 2.79 bits per heavy atom. The summed E-state index contributed by atoms with van der Waals surface area (Å²) in [4.78, 5) is 23.1. The molecule has 4 heteroatoms. The molecule has 4 aliphatic rings. The van der Waals surface area contributed by atoms with Crippen LogP contribution in [-0.2, 0) is 19.1 Å². The van der Waals surface area contributed by atoms with E-state index in [0.717, 1.165) is 37.9 Å². The molecule has 0 bridgehead atoms. The maximum atomic E-state index is 11.6. The van der Waals surface area contributed by atoms with Crippen LogP contribution in [0, 0.1) is 28.6 Å². The first kappa shape index (κ1) is 15.9. The summed E-state index contributed by atoms with van der Waals surface area (Å²) in [5.74, 6) is 2.06. The molecule has 6 atom stereocenters. The van der Waals surface area contributed by atoms with Crippen LogP contribution in [0.3, 0.4) is 0 Å². The van der Waals surface area contributed by atoms with Crippen LogP contribution >= 0.6 is 0 Å². The molecule has 0 aromatic heterocycles. The summed E-state index contributed by atoms with van der Waals surface area (Å²) in [7, 11) is 0. The van der Waals surface area contributed by atoms with Crippen LogP contribution in [-0.4, -0.2) is 18.0 Å². The van der Waals surface area contributed by atoms with Crippen molar-refractivity contribution in [1.29, 1.82) is 0 Å². The molecule has 4 nitrogen and oxygen atoms in total. The lowest BCUT2D eigenvalue weighted by molar-refractivity contribution is -0.156. The third-order valence-electron chi connectivity index (χ3n) is 7.31. The number of hydrogen-bond acceptors (Lipinski definition) is 4. The van der Waals surface area contributed by atoms with Gasteiger partial charge in [-0.15, -0.1) is 0 Å². The van der Waals surface area contributed by atoms with Crippen molar-refractivity contribution in [2.75, 3.05) is 0 Å². The SMILES string of the molecule is CC(=O)O[C@H]1CC[C@H]2[C@@H]3CC=C4OC(=O)C=C[C@]4(C)[C@H]3CC[C@]12C. The van der Waals surface area contributed by atoms with Gasteiger partial charge in [0, 0.05) is 23.8 Å². The van der Waals surface area contributed by atoms with Gasteiger partial charge in [0.05, 0.1) is 0 Å². The zero-order chi connectivity index (χ0) is 17.1. The van der Waals surface area contributed by atoms with E-state index in [0.29, 0.717) is 17.8 Å². The summed E-state index contributed by atoms with van der Waals surface area (Å²) in [6, 6.07) is 0. The standard InChI is InChI=1S/C20H26O4/c1-12(21)23-16-7-5-14-13-4-6-17-20(3,11-9-18(22)24-17)15(13)8-10-19(14,16)2/h6,9,11,13-16H,4-5,7-8,10H2,1-3H3/t13-,14-,15-,16-,19-,20+/m0/s1. The van der Waals surface area contributed by atoms with E-state index in [1.165, 1.54) is 6.92 Å². The highest BCUT2D eigenvalue weighted by Crippen LogP contribution is 2.63. The van der Waals surface area contributed by atoms with Crippen molar-refractivity contribution >= 4 is 11.9 Å². The first-order chi connectivity index (χ1) is 11.3. The second kappa shape index (κ2) is 5.21. The Balaban J connectivity index is 1.65. The van der Waals surface area contributed by atoms with Crippen LogP contribution in [0.15, 0.2) is 24.0 Å². The van der Waals surface area contributed by atoms with E-state index in [1.807, 2.05) is 0 Å². The van der Waals surface area contributed by atoms with Gasteiger partial charge in [-0.05, 0) is 62.9 Å². The van der Waals surface area contributed by atoms with Crippen molar-refractivity contribution in [2.24, 2.45) is 28.6 Å². The molecular weight excluding hydrogens is 304 g/mol. The van der Waals surface area contributed by atoms with Gasteiger partial charge < -0.3 is 9.47 Å². The second-order valence-electron chi connectivity index (χ2n) is 8.44. The maximum absolute atomic E-state index is 11.6. The molecule has 1 aliphatic heterocycles. The number of allylic oxidation sites excluding steroid dienone is 2. The van der Waals surface area contributed by atoms with Crippen molar-refractivity contribution in [3.8, 4) is 0 Å². The number of carbonyl (C=O) groups excluding carboxylic acids is 2. The molecule has 130 valence electrons. The highest BCUT2D eigenvalue weighted by Gasteiger charge is 2.59. The van der Waals surface area contributed by atoms with E-state index in [1.54, 1.807) is 6.08 Å². The van der Waals surface area contributed by atoms with Crippen molar-refractivity contribution in [3.63, 3.8) is 0 Å². The Morgan fingerprint density at radius 1 is 1.25 bits per heavy atom. The van der Waals surface area contributed by atoms with Gasteiger partial charge >= 0.3 is 11.9 Å². The molecule has 0 amide bonds. The quantitative estimate of drug-likeness (QED) is 0.687. The number of rotatable bonds is 1. The molecule has 0 radical (unpaired) electrons. The van der Waals surface area contributed by atoms with Gasteiger partial charge in [0.1, 0.15) is 11.9 Å². The minimum Gasteiger partial charge on any atom is -0.462 e. The normalized spacial score (nSPS) is 46.3. The summed E-state index contributed by atoms with van der Waals surface area (Å²) < 4.78 is 11.2. The average molecular weight is 330 g/mol. The Kier molecular flexibility index (Phi) is 3.45. The van der Waals surface area contributed by atoms with Crippen LogP contribution < -0.4 is 0 Å². The van der Waals surface area contributed by atoms with Crippen LogP contribution in [0.4, 0.5) is 0 Å². The fourth-order valence-electron chi connectivity index (χ4n) is 6.09. The lowest BCUT2D eigenvalue weighted by Crippen LogP contribution is -2.50. The van der Waals surface area contributed by atoms with Gasteiger partial charge in [-0.3, -0.25) is 4.79 Å². The summed E-state index contributed by atoms with van der Waals surface area (Å²) in [5.41, 5.74) is -0.0821. The Bertz CT molecular complexity index is 648. The van der Waals surface area contributed by atoms with Crippen LogP contribution in [0.5, 0.6) is 0 Å². The molecule has 0 saturated heterocycles.